The first-order chi connectivity index (χ1) is 17.3. The van der Waals surface area contributed by atoms with Crippen LogP contribution >= 0.6 is 0 Å². The number of likely N-dealkylation sites (tertiary alicyclic amines) is 1. The lowest BCUT2D eigenvalue weighted by Gasteiger charge is -2.41. The van der Waals surface area contributed by atoms with Crippen molar-refractivity contribution in [3.05, 3.63) is 65.6 Å². The Morgan fingerprint density at radius 3 is 2.50 bits per heavy atom. The molecule has 194 valence electrons. The van der Waals surface area contributed by atoms with Crippen molar-refractivity contribution in [1.82, 2.24) is 9.88 Å². The standard InChI is InChI=1S/C27H31F4N3O2/c1-36-21-2-3-25-22(15-21)26(24(31)16-33-25)23(30)4-5-27(17-35)6-9-34(10-7-27)11-8-32-20-13-18(28)12-19(29)14-20/h2-3,12-16,23,32,35H,4-11,17H2,1H3/t23-/m0/s1. The van der Waals surface area contributed by atoms with Crippen molar-refractivity contribution in [2.24, 2.45) is 5.41 Å². The van der Waals surface area contributed by atoms with E-state index in [4.69, 9.17) is 4.74 Å². The van der Waals surface area contributed by atoms with Crippen molar-refractivity contribution in [1.29, 1.82) is 0 Å². The number of fused-ring (bicyclic) bond motifs is 1. The summed E-state index contributed by atoms with van der Waals surface area (Å²) in [5, 5.41) is 13.6. The van der Waals surface area contributed by atoms with Crippen LogP contribution in [-0.2, 0) is 0 Å². The average Bonchev–Trinajstić information content (AvgIpc) is 2.87. The molecule has 9 heteroatoms. The van der Waals surface area contributed by atoms with Gasteiger partial charge in [-0.25, -0.2) is 17.6 Å². The largest absolute Gasteiger partial charge is 0.497 e. The maximum Gasteiger partial charge on any atom is 0.148 e. The fourth-order valence-corrected chi connectivity index (χ4v) is 4.94. The fraction of sp³-hybridized carbons (Fsp3) is 0.444. The zero-order valence-electron chi connectivity index (χ0n) is 20.2. The van der Waals surface area contributed by atoms with Gasteiger partial charge in [-0.05, 0) is 74.5 Å². The minimum absolute atomic E-state index is 0.0238. The summed E-state index contributed by atoms with van der Waals surface area (Å²) in [5.74, 6) is -1.46. The van der Waals surface area contributed by atoms with Crippen molar-refractivity contribution in [2.45, 2.75) is 31.9 Å². The third kappa shape index (κ3) is 6.07. The number of ether oxygens (including phenoxy) is 1. The maximum absolute atomic E-state index is 15.4. The van der Waals surface area contributed by atoms with E-state index in [1.807, 2.05) is 0 Å². The summed E-state index contributed by atoms with van der Waals surface area (Å²) in [7, 11) is 1.50. The molecule has 0 unspecified atom stereocenters. The molecule has 4 rings (SSSR count). The molecule has 1 saturated heterocycles. The molecule has 0 bridgehead atoms. The number of anilines is 1. The molecule has 3 aromatic rings. The van der Waals surface area contributed by atoms with Gasteiger partial charge in [0, 0.05) is 42.4 Å². The third-order valence-electron chi connectivity index (χ3n) is 7.18. The van der Waals surface area contributed by atoms with Crippen LogP contribution < -0.4 is 10.1 Å². The molecule has 0 spiro atoms. The van der Waals surface area contributed by atoms with Gasteiger partial charge in [0.15, 0.2) is 0 Å². The third-order valence-corrected chi connectivity index (χ3v) is 7.18. The van der Waals surface area contributed by atoms with Crippen LogP contribution in [0.1, 0.15) is 37.4 Å². The number of alkyl halides is 1. The molecule has 0 radical (unpaired) electrons. The Hall–Kier alpha value is -2.91. The van der Waals surface area contributed by atoms with Crippen molar-refractivity contribution in [2.75, 3.05) is 45.2 Å². The second-order valence-electron chi connectivity index (χ2n) is 9.49. The number of hydrogen-bond donors (Lipinski definition) is 2. The second kappa shape index (κ2) is 11.4. The summed E-state index contributed by atoms with van der Waals surface area (Å²) in [6, 6.07) is 8.29. The minimum Gasteiger partial charge on any atom is -0.497 e. The molecule has 1 fully saturated rings. The van der Waals surface area contributed by atoms with E-state index in [2.05, 4.69) is 15.2 Å². The smallest absolute Gasteiger partial charge is 0.148 e. The van der Waals surface area contributed by atoms with Crippen molar-refractivity contribution < 1.29 is 27.4 Å². The number of benzene rings is 2. The Balaban J connectivity index is 1.33. The van der Waals surface area contributed by atoms with Gasteiger partial charge in [0.25, 0.3) is 0 Å². The molecule has 0 aliphatic carbocycles. The SMILES string of the molecule is COc1ccc2ncc(F)c([C@@H](F)CCC3(CO)CCN(CCNc4cc(F)cc(F)c4)CC3)c2c1. The molecule has 1 aliphatic heterocycles. The second-order valence-corrected chi connectivity index (χ2v) is 9.49. The maximum atomic E-state index is 15.4. The lowest BCUT2D eigenvalue weighted by Crippen LogP contribution is -2.43. The quantitative estimate of drug-likeness (QED) is 0.350. The van der Waals surface area contributed by atoms with E-state index >= 15 is 4.39 Å². The van der Waals surface area contributed by atoms with E-state index in [0.29, 0.717) is 67.8 Å². The van der Waals surface area contributed by atoms with E-state index < -0.39 is 29.0 Å². The van der Waals surface area contributed by atoms with Crippen molar-refractivity contribution in [3.63, 3.8) is 0 Å². The highest BCUT2D eigenvalue weighted by Crippen LogP contribution is 2.40. The highest BCUT2D eigenvalue weighted by atomic mass is 19.1. The van der Waals surface area contributed by atoms with Gasteiger partial charge in [0.2, 0.25) is 0 Å². The number of methoxy groups -OCH3 is 1. The normalized spacial score (nSPS) is 16.7. The number of rotatable bonds is 10. The van der Waals surface area contributed by atoms with E-state index in [9.17, 15) is 18.3 Å². The number of aromatic nitrogens is 1. The van der Waals surface area contributed by atoms with Crippen LogP contribution in [0.2, 0.25) is 0 Å². The molecule has 0 saturated carbocycles. The van der Waals surface area contributed by atoms with Crippen LogP contribution in [0.15, 0.2) is 42.6 Å². The first-order valence-electron chi connectivity index (χ1n) is 12.1. The summed E-state index contributed by atoms with van der Waals surface area (Å²) in [4.78, 5) is 6.25. The van der Waals surface area contributed by atoms with Crippen molar-refractivity contribution in [3.8, 4) is 5.75 Å². The number of pyridine rings is 1. The number of aliphatic hydroxyl groups excluding tert-OH is 1. The van der Waals surface area contributed by atoms with Gasteiger partial charge >= 0.3 is 0 Å². The van der Waals surface area contributed by atoms with Crippen LogP contribution in [0.4, 0.5) is 23.2 Å². The Labute approximate surface area is 208 Å². The lowest BCUT2D eigenvalue weighted by molar-refractivity contribution is 0.0314. The molecule has 2 heterocycles. The molecule has 0 amide bonds. The van der Waals surface area contributed by atoms with Gasteiger partial charge in [0.1, 0.15) is 29.4 Å². The number of aliphatic hydroxyl groups is 1. The zero-order chi connectivity index (χ0) is 25.7. The summed E-state index contributed by atoms with van der Waals surface area (Å²) in [6.07, 6.45) is 1.37. The Morgan fingerprint density at radius 2 is 1.83 bits per heavy atom. The summed E-state index contributed by atoms with van der Waals surface area (Å²) in [6.45, 7) is 2.53. The topological polar surface area (TPSA) is 57.6 Å². The van der Waals surface area contributed by atoms with Gasteiger partial charge < -0.3 is 20.1 Å². The summed E-state index contributed by atoms with van der Waals surface area (Å²) in [5.41, 5.74) is 0.423. The Bertz CT molecular complexity index is 1160. The molecular weight excluding hydrogens is 474 g/mol. The summed E-state index contributed by atoms with van der Waals surface area (Å²) < 4.78 is 61.9. The Morgan fingerprint density at radius 1 is 1.11 bits per heavy atom. The molecule has 1 aliphatic rings. The predicted molar refractivity (Wildman–Crippen MR) is 131 cm³/mol. The first kappa shape index (κ1) is 26.2. The van der Waals surface area contributed by atoms with Gasteiger partial charge in [-0.1, -0.05) is 0 Å². The van der Waals surface area contributed by atoms with E-state index in [1.54, 1.807) is 18.2 Å². The fourth-order valence-electron chi connectivity index (χ4n) is 4.94. The lowest BCUT2D eigenvalue weighted by atomic mass is 9.74. The molecule has 5 nitrogen and oxygen atoms in total. The van der Waals surface area contributed by atoms with E-state index in [0.717, 1.165) is 12.3 Å². The van der Waals surface area contributed by atoms with Crippen LogP contribution in [0.3, 0.4) is 0 Å². The van der Waals surface area contributed by atoms with Crippen molar-refractivity contribution >= 4 is 16.6 Å². The number of nitrogens with one attached hydrogen (secondary N) is 1. The van der Waals surface area contributed by atoms with Gasteiger partial charge in [-0.3, -0.25) is 4.98 Å². The van der Waals surface area contributed by atoms with Crippen LogP contribution in [0.25, 0.3) is 10.9 Å². The van der Waals surface area contributed by atoms with E-state index in [1.165, 1.54) is 19.2 Å². The van der Waals surface area contributed by atoms with Gasteiger partial charge in [-0.15, -0.1) is 0 Å². The predicted octanol–water partition coefficient (Wildman–Crippen LogP) is 5.64. The average molecular weight is 506 g/mol. The number of piperidine rings is 1. The van der Waals surface area contributed by atoms with Crippen LogP contribution in [0, 0.1) is 22.9 Å². The molecule has 1 atom stereocenters. The van der Waals surface area contributed by atoms with Crippen LogP contribution in [0.5, 0.6) is 5.75 Å². The summed E-state index contributed by atoms with van der Waals surface area (Å²) >= 11 is 0. The molecular formula is C27H31F4N3O2. The number of nitrogens with zero attached hydrogens (tertiary/aromatic N) is 2. The highest BCUT2D eigenvalue weighted by Gasteiger charge is 2.35. The monoisotopic (exact) mass is 505 g/mol. The minimum atomic E-state index is -1.54. The molecule has 36 heavy (non-hydrogen) atoms. The molecule has 2 N–H and O–H groups in total. The first-order valence-corrected chi connectivity index (χ1v) is 12.1. The number of halogens is 4. The Kier molecular flexibility index (Phi) is 8.31. The zero-order valence-corrected chi connectivity index (χ0v) is 20.2. The van der Waals surface area contributed by atoms with Crippen LogP contribution in [-0.4, -0.2) is 54.9 Å². The number of hydrogen-bond acceptors (Lipinski definition) is 5. The molecule has 2 aromatic carbocycles. The van der Waals surface area contributed by atoms with Gasteiger partial charge in [-0.2, -0.15) is 0 Å². The van der Waals surface area contributed by atoms with E-state index in [-0.39, 0.29) is 18.6 Å². The van der Waals surface area contributed by atoms with Gasteiger partial charge in [0.05, 0.1) is 18.8 Å². The highest BCUT2D eigenvalue weighted by molar-refractivity contribution is 5.84. The molecule has 1 aromatic heterocycles.